The van der Waals surface area contributed by atoms with Gasteiger partial charge in [-0.1, -0.05) is 44.2 Å². The molecule has 0 atom stereocenters. The molecule has 0 aliphatic heterocycles. The van der Waals surface area contributed by atoms with Gasteiger partial charge in [-0.05, 0) is 79.6 Å². The lowest BCUT2D eigenvalue weighted by molar-refractivity contribution is 0.0951. The van der Waals surface area contributed by atoms with Crippen molar-refractivity contribution >= 4 is 17.5 Å². The van der Waals surface area contributed by atoms with Crippen molar-refractivity contribution in [2.75, 3.05) is 38.6 Å². The van der Waals surface area contributed by atoms with E-state index in [0.29, 0.717) is 29.1 Å². The first kappa shape index (κ1) is 25.0. The first-order valence-corrected chi connectivity index (χ1v) is 11.7. The third-order valence-corrected chi connectivity index (χ3v) is 5.76. The van der Waals surface area contributed by atoms with Gasteiger partial charge in [-0.3, -0.25) is 9.59 Å². The highest BCUT2D eigenvalue weighted by Crippen LogP contribution is 2.23. The number of benzene rings is 3. The Kier molecular flexibility index (Phi) is 9.23. The minimum absolute atomic E-state index is 0.0661. The van der Waals surface area contributed by atoms with Gasteiger partial charge in [0.1, 0.15) is 5.75 Å². The second-order valence-electron chi connectivity index (χ2n) is 7.98. The maximum absolute atomic E-state index is 12.6. The summed E-state index contributed by atoms with van der Waals surface area (Å²) < 4.78 is 5.18. The van der Waals surface area contributed by atoms with Crippen molar-refractivity contribution in [3.63, 3.8) is 0 Å². The lowest BCUT2D eigenvalue weighted by atomic mass is 10.0. The zero-order valence-electron chi connectivity index (χ0n) is 20.1. The second-order valence-corrected chi connectivity index (χ2v) is 7.98. The fourth-order valence-electron chi connectivity index (χ4n) is 3.70. The Hall–Kier alpha value is -3.64. The van der Waals surface area contributed by atoms with E-state index in [1.54, 1.807) is 31.4 Å². The third-order valence-electron chi connectivity index (χ3n) is 5.76. The van der Waals surface area contributed by atoms with Crippen LogP contribution in [-0.2, 0) is 0 Å². The summed E-state index contributed by atoms with van der Waals surface area (Å²) >= 11 is 0. The van der Waals surface area contributed by atoms with Gasteiger partial charge in [0.15, 0.2) is 0 Å². The average Bonchev–Trinajstić information content (AvgIpc) is 2.89. The van der Waals surface area contributed by atoms with E-state index in [0.717, 1.165) is 37.2 Å². The van der Waals surface area contributed by atoms with Crippen molar-refractivity contribution in [3.8, 4) is 16.9 Å². The van der Waals surface area contributed by atoms with Crippen molar-refractivity contribution in [1.82, 2.24) is 10.2 Å². The molecule has 0 heterocycles. The van der Waals surface area contributed by atoms with Crippen LogP contribution in [0.1, 0.15) is 41.0 Å². The van der Waals surface area contributed by atoms with E-state index >= 15 is 0 Å². The van der Waals surface area contributed by atoms with Gasteiger partial charge in [0.25, 0.3) is 11.8 Å². The van der Waals surface area contributed by atoms with Crippen LogP contribution in [0.4, 0.5) is 5.69 Å². The molecule has 2 amide bonds. The number of nitrogens with one attached hydrogen (secondary N) is 2. The normalized spacial score (nSPS) is 10.7. The predicted octanol–water partition coefficient (Wildman–Crippen LogP) is 5.08. The monoisotopic (exact) mass is 459 g/mol. The SMILES string of the molecule is CCN(CC)CCCNC(=O)c1cccc(-c2ccc(NC(=O)c3cccc(OC)c3)cc2)c1. The molecule has 3 aromatic carbocycles. The van der Waals surface area contributed by atoms with Gasteiger partial charge in [0.2, 0.25) is 0 Å². The van der Waals surface area contributed by atoms with Crippen molar-refractivity contribution in [1.29, 1.82) is 0 Å². The zero-order chi connectivity index (χ0) is 24.3. The van der Waals surface area contributed by atoms with Crippen molar-refractivity contribution in [3.05, 3.63) is 83.9 Å². The average molecular weight is 460 g/mol. The number of hydrogen-bond donors (Lipinski definition) is 2. The first-order valence-electron chi connectivity index (χ1n) is 11.7. The van der Waals surface area contributed by atoms with E-state index in [4.69, 9.17) is 4.74 Å². The molecule has 34 heavy (non-hydrogen) atoms. The predicted molar refractivity (Wildman–Crippen MR) is 138 cm³/mol. The molecule has 0 bridgehead atoms. The molecule has 0 aliphatic rings. The highest BCUT2D eigenvalue weighted by Gasteiger charge is 2.09. The van der Waals surface area contributed by atoms with Gasteiger partial charge in [-0.25, -0.2) is 0 Å². The molecule has 0 saturated heterocycles. The minimum Gasteiger partial charge on any atom is -0.497 e. The Morgan fingerprint density at radius 3 is 2.18 bits per heavy atom. The number of methoxy groups -OCH3 is 1. The lowest BCUT2D eigenvalue weighted by Crippen LogP contribution is -2.29. The molecule has 6 heteroatoms. The highest BCUT2D eigenvalue weighted by molar-refractivity contribution is 6.04. The third kappa shape index (κ3) is 6.93. The van der Waals surface area contributed by atoms with Crippen LogP contribution in [0.15, 0.2) is 72.8 Å². The van der Waals surface area contributed by atoms with Crippen LogP contribution in [0, 0.1) is 0 Å². The fraction of sp³-hybridized carbons (Fsp3) is 0.286. The van der Waals surface area contributed by atoms with Crippen LogP contribution in [0.3, 0.4) is 0 Å². The Labute approximate surface area is 201 Å². The van der Waals surface area contributed by atoms with E-state index < -0.39 is 0 Å². The summed E-state index contributed by atoms with van der Waals surface area (Å²) in [6.45, 7) is 7.98. The molecule has 0 unspecified atom stereocenters. The number of amides is 2. The van der Waals surface area contributed by atoms with Gasteiger partial charge in [-0.15, -0.1) is 0 Å². The smallest absolute Gasteiger partial charge is 0.255 e. The van der Waals surface area contributed by atoms with Gasteiger partial charge >= 0.3 is 0 Å². The van der Waals surface area contributed by atoms with E-state index in [2.05, 4.69) is 29.4 Å². The fourth-order valence-corrected chi connectivity index (χ4v) is 3.70. The lowest BCUT2D eigenvalue weighted by Gasteiger charge is -2.17. The quantitative estimate of drug-likeness (QED) is 0.393. The van der Waals surface area contributed by atoms with Gasteiger partial charge in [0, 0.05) is 23.4 Å². The largest absolute Gasteiger partial charge is 0.497 e. The molecule has 3 rings (SSSR count). The topological polar surface area (TPSA) is 70.7 Å². The van der Waals surface area contributed by atoms with Gasteiger partial charge < -0.3 is 20.3 Å². The number of hydrogen-bond acceptors (Lipinski definition) is 4. The molecule has 178 valence electrons. The van der Waals surface area contributed by atoms with Crippen LogP contribution in [0.2, 0.25) is 0 Å². The standard InChI is InChI=1S/C28H33N3O3/c1-4-31(5-2)18-8-17-29-27(32)23-10-6-9-22(19-23)21-13-15-25(16-14-21)30-28(33)24-11-7-12-26(20-24)34-3/h6-7,9-16,19-20H,4-5,8,17-18H2,1-3H3,(H,29,32)(H,30,33). The summed E-state index contributed by atoms with van der Waals surface area (Å²) in [5, 5.41) is 5.91. The van der Waals surface area contributed by atoms with Gasteiger partial charge in [-0.2, -0.15) is 0 Å². The van der Waals surface area contributed by atoms with E-state index in [1.807, 2.05) is 48.5 Å². The molecule has 0 fully saturated rings. The van der Waals surface area contributed by atoms with Crippen LogP contribution in [0.25, 0.3) is 11.1 Å². The molecule has 2 N–H and O–H groups in total. The molecule has 0 radical (unpaired) electrons. The number of anilines is 1. The van der Waals surface area contributed by atoms with E-state index in [9.17, 15) is 9.59 Å². The molecule has 6 nitrogen and oxygen atoms in total. The van der Waals surface area contributed by atoms with Crippen molar-refractivity contribution in [2.24, 2.45) is 0 Å². The van der Waals surface area contributed by atoms with E-state index in [1.165, 1.54) is 0 Å². The molecule has 0 aromatic heterocycles. The summed E-state index contributed by atoms with van der Waals surface area (Å²) in [6.07, 6.45) is 0.927. The summed E-state index contributed by atoms with van der Waals surface area (Å²) in [4.78, 5) is 27.5. The first-order chi connectivity index (χ1) is 16.5. The maximum atomic E-state index is 12.6. The number of carbonyl (C=O) groups is 2. The Balaban J connectivity index is 1.59. The summed E-state index contributed by atoms with van der Waals surface area (Å²) in [5.74, 6) is 0.366. The highest BCUT2D eigenvalue weighted by atomic mass is 16.5. The van der Waals surface area contributed by atoms with Crippen LogP contribution in [-0.4, -0.2) is 50.0 Å². The van der Waals surface area contributed by atoms with Crippen LogP contribution in [0.5, 0.6) is 5.75 Å². The van der Waals surface area contributed by atoms with Crippen molar-refractivity contribution < 1.29 is 14.3 Å². The second kappa shape index (κ2) is 12.6. The minimum atomic E-state index is -0.202. The van der Waals surface area contributed by atoms with Crippen LogP contribution >= 0.6 is 0 Å². The van der Waals surface area contributed by atoms with Crippen LogP contribution < -0.4 is 15.4 Å². The summed E-state index contributed by atoms with van der Waals surface area (Å²) in [5.41, 5.74) is 3.77. The molecular weight excluding hydrogens is 426 g/mol. The Morgan fingerprint density at radius 1 is 0.824 bits per heavy atom. The molecule has 0 spiro atoms. The van der Waals surface area contributed by atoms with Crippen molar-refractivity contribution in [2.45, 2.75) is 20.3 Å². The Bertz CT molecular complexity index is 1090. The Morgan fingerprint density at radius 2 is 1.50 bits per heavy atom. The number of carbonyl (C=O) groups excluding carboxylic acids is 2. The van der Waals surface area contributed by atoms with Gasteiger partial charge in [0.05, 0.1) is 7.11 Å². The molecule has 0 saturated carbocycles. The summed E-state index contributed by atoms with van der Waals surface area (Å²) in [7, 11) is 1.57. The summed E-state index contributed by atoms with van der Waals surface area (Å²) in [6, 6.07) is 22.2. The number of nitrogens with zero attached hydrogens (tertiary/aromatic N) is 1. The zero-order valence-corrected chi connectivity index (χ0v) is 20.1. The molecule has 3 aromatic rings. The number of rotatable bonds is 11. The van der Waals surface area contributed by atoms with E-state index in [-0.39, 0.29) is 11.8 Å². The number of ether oxygens (including phenoxy) is 1. The molecule has 0 aliphatic carbocycles. The maximum Gasteiger partial charge on any atom is 0.255 e. The molecular formula is C28H33N3O3.